The standard InChI is InChI=1S/C15H21N3O/c1-3-10-6-7-18(9-10)11-4-5-12-13(8-11)17(2)15(19)14(12)16/h4-5,8,10,14H,3,6-7,9,16H2,1-2H3. The number of nitrogens with two attached hydrogens (primary N) is 1. The summed E-state index contributed by atoms with van der Waals surface area (Å²) in [4.78, 5) is 16.0. The smallest absolute Gasteiger partial charge is 0.248 e. The molecule has 2 aliphatic rings. The van der Waals surface area contributed by atoms with Crippen LogP contribution in [0.3, 0.4) is 0 Å². The number of carbonyl (C=O) groups is 1. The topological polar surface area (TPSA) is 49.6 Å². The Morgan fingerprint density at radius 3 is 2.89 bits per heavy atom. The highest BCUT2D eigenvalue weighted by Crippen LogP contribution is 2.37. The van der Waals surface area contributed by atoms with Crippen molar-refractivity contribution in [3.05, 3.63) is 23.8 Å². The van der Waals surface area contributed by atoms with Gasteiger partial charge in [-0.1, -0.05) is 19.4 Å². The van der Waals surface area contributed by atoms with Gasteiger partial charge in [0.05, 0.1) is 5.69 Å². The van der Waals surface area contributed by atoms with Gasteiger partial charge in [-0.2, -0.15) is 0 Å². The molecule has 0 spiro atoms. The lowest BCUT2D eigenvalue weighted by atomic mass is 10.1. The second-order valence-corrected chi connectivity index (χ2v) is 5.63. The van der Waals surface area contributed by atoms with Crippen molar-refractivity contribution >= 4 is 17.3 Å². The molecule has 102 valence electrons. The molecule has 2 N–H and O–H groups in total. The van der Waals surface area contributed by atoms with E-state index < -0.39 is 6.04 Å². The Morgan fingerprint density at radius 2 is 2.21 bits per heavy atom. The van der Waals surface area contributed by atoms with Crippen LogP contribution in [0.15, 0.2) is 18.2 Å². The maximum atomic E-state index is 11.9. The Kier molecular flexibility index (Phi) is 2.97. The molecule has 0 aliphatic carbocycles. The van der Waals surface area contributed by atoms with Gasteiger partial charge in [0.2, 0.25) is 5.91 Å². The zero-order valence-corrected chi connectivity index (χ0v) is 11.6. The number of anilines is 2. The molecule has 0 saturated carbocycles. The molecule has 2 aliphatic heterocycles. The Bertz CT molecular complexity index is 514. The van der Waals surface area contributed by atoms with E-state index in [1.54, 1.807) is 11.9 Å². The van der Waals surface area contributed by atoms with Gasteiger partial charge < -0.3 is 15.5 Å². The van der Waals surface area contributed by atoms with Crippen LogP contribution in [-0.2, 0) is 4.79 Å². The van der Waals surface area contributed by atoms with E-state index in [-0.39, 0.29) is 5.91 Å². The third-order valence-electron chi connectivity index (χ3n) is 4.54. The Labute approximate surface area is 114 Å². The van der Waals surface area contributed by atoms with Crippen LogP contribution in [0, 0.1) is 5.92 Å². The zero-order chi connectivity index (χ0) is 13.6. The molecule has 0 bridgehead atoms. The number of carbonyl (C=O) groups excluding carboxylic acids is 1. The van der Waals surface area contributed by atoms with Crippen LogP contribution in [0.4, 0.5) is 11.4 Å². The Morgan fingerprint density at radius 1 is 1.42 bits per heavy atom. The van der Waals surface area contributed by atoms with Crippen molar-refractivity contribution in [2.75, 3.05) is 29.9 Å². The molecule has 0 radical (unpaired) electrons. The molecule has 1 saturated heterocycles. The fraction of sp³-hybridized carbons (Fsp3) is 0.533. The van der Waals surface area contributed by atoms with E-state index in [1.165, 1.54) is 18.5 Å². The normalized spacial score (nSPS) is 26.2. The summed E-state index contributed by atoms with van der Waals surface area (Å²) in [6.45, 7) is 4.49. The molecule has 4 heteroatoms. The highest BCUT2D eigenvalue weighted by Gasteiger charge is 2.33. The molecule has 4 nitrogen and oxygen atoms in total. The second kappa shape index (κ2) is 4.53. The lowest BCUT2D eigenvalue weighted by Gasteiger charge is -2.20. The number of amides is 1. The molecule has 0 aromatic heterocycles. The third-order valence-corrected chi connectivity index (χ3v) is 4.54. The summed E-state index contributed by atoms with van der Waals surface area (Å²) in [5.74, 6) is 0.787. The number of hydrogen-bond donors (Lipinski definition) is 1. The van der Waals surface area contributed by atoms with E-state index in [9.17, 15) is 4.79 Å². The molecule has 3 rings (SSSR count). The highest BCUT2D eigenvalue weighted by atomic mass is 16.2. The summed E-state index contributed by atoms with van der Waals surface area (Å²) in [5.41, 5.74) is 9.05. The summed E-state index contributed by atoms with van der Waals surface area (Å²) < 4.78 is 0. The number of rotatable bonds is 2. The molecule has 2 unspecified atom stereocenters. The summed E-state index contributed by atoms with van der Waals surface area (Å²) in [6, 6.07) is 5.73. The molecule has 2 atom stereocenters. The Hall–Kier alpha value is -1.55. The minimum Gasteiger partial charge on any atom is -0.371 e. The van der Waals surface area contributed by atoms with Crippen LogP contribution in [0.25, 0.3) is 0 Å². The zero-order valence-electron chi connectivity index (χ0n) is 11.6. The highest BCUT2D eigenvalue weighted by molar-refractivity contribution is 6.04. The number of hydrogen-bond acceptors (Lipinski definition) is 3. The van der Waals surface area contributed by atoms with Crippen molar-refractivity contribution < 1.29 is 4.79 Å². The maximum absolute atomic E-state index is 11.9. The first kappa shape index (κ1) is 12.5. The van der Waals surface area contributed by atoms with Gasteiger partial charge in [0.1, 0.15) is 6.04 Å². The van der Waals surface area contributed by atoms with Gasteiger partial charge >= 0.3 is 0 Å². The van der Waals surface area contributed by atoms with Crippen molar-refractivity contribution in [2.24, 2.45) is 11.7 Å². The lowest BCUT2D eigenvalue weighted by Crippen LogP contribution is -2.27. The second-order valence-electron chi connectivity index (χ2n) is 5.63. The fourth-order valence-corrected chi connectivity index (χ4v) is 3.14. The van der Waals surface area contributed by atoms with Crippen molar-refractivity contribution in [2.45, 2.75) is 25.8 Å². The molecular weight excluding hydrogens is 238 g/mol. The van der Waals surface area contributed by atoms with Gasteiger partial charge in [-0.05, 0) is 24.5 Å². The van der Waals surface area contributed by atoms with Crippen LogP contribution in [0.5, 0.6) is 0 Å². The van der Waals surface area contributed by atoms with Crippen LogP contribution >= 0.6 is 0 Å². The van der Waals surface area contributed by atoms with Crippen molar-refractivity contribution in [3.63, 3.8) is 0 Å². The summed E-state index contributed by atoms with van der Waals surface area (Å²) in [7, 11) is 1.80. The molecular formula is C15H21N3O. The molecule has 19 heavy (non-hydrogen) atoms. The van der Waals surface area contributed by atoms with Gasteiger partial charge in [0.15, 0.2) is 0 Å². The number of benzene rings is 1. The summed E-state index contributed by atoms with van der Waals surface area (Å²) in [6.07, 6.45) is 2.51. The van der Waals surface area contributed by atoms with Gasteiger partial charge in [-0.3, -0.25) is 4.79 Å². The van der Waals surface area contributed by atoms with Crippen LogP contribution < -0.4 is 15.5 Å². The first-order valence-corrected chi connectivity index (χ1v) is 7.04. The van der Waals surface area contributed by atoms with E-state index >= 15 is 0 Å². The third kappa shape index (κ3) is 1.91. The van der Waals surface area contributed by atoms with Gasteiger partial charge in [-0.25, -0.2) is 0 Å². The minimum absolute atomic E-state index is 0.0139. The van der Waals surface area contributed by atoms with Gasteiger partial charge in [0, 0.05) is 31.4 Å². The summed E-state index contributed by atoms with van der Waals surface area (Å²) >= 11 is 0. The average molecular weight is 259 g/mol. The first-order valence-electron chi connectivity index (χ1n) is 7.04. The van der Waals surface area contributed by atoms with E-state index in [0.717, 1.165) is 30.3 Å². The monoisotopic (exact) mass is 259 g/mol. The van der Waals surface area contributed by atoms with Crippen LogP contribution in [0.2, 0.25) is 0 Å². The van der Waals surface area contributed by atoms with E-state index in [4.69, 9.17) is 5.73 Å². The average Bonchev–Trinajstić information content (AvgIpc) is 2.99. The van der Waals surface area contributed by atoms with Gasteiger partial charge in [0.25, 0.3) is 0 Å². The number of likely N-dealkylation sites (N-methyl/N-ethyl adjacent to an activating group) is 1. The van der Waals surface area contributed by atoms with E-state index in [0.29, 0.717) is 0 Å². The molecule has 1 fully saturated rings. The van der Waals surface area contributed by atoms with Crippen molar-refractivity contribution in [3.8, 4) is 0 Å². The largest absolute Gasteiger partial charge is 0.371 e. The quantitative estimate of drug-likeness (QED) is 0.882. The predicted octanol–water partition coefficient (Wildman–Crippen LogP) is 1.90. The molecule has 1 aromatic carbocycles. The lowest BCUT2D eigenvalue weighted by molar-refractivity contribution is -0.118. The molecule has 2 heterocycles. The fourth-order valence-electron chi connectivity index (χ4n) is 3.14. The van der Waals surface area contributed by atoms with Crippen molar-refractivity contribution in [1.82, 2.24) is 0 Å². The van der Waals surface area contributed by atoms with Crippen LogP contribution in [-0.4, -0.2) is 26.0 Å². The number of nitrogens with zero attached hydrogens (tertiary/aromatic N) is 2. The maximum Gasteiger partial charge on any atom is 0.248 e. The minimum atomic E-state index is -0.490. The SMILES string of the molecule is CCC1CCN(c2ccc3c(c2)N(C)C(=O)C3N)C1. The predicted molar refractivity (Wildman–Crippen MR) is 77.4 cm³/mol. The number of fused-ring (bicyclic) bond motifs is 1. The summed E-state index contributed by atoms with van der Waals surface area (Å²) in [5, 5.41) is 0. The van der Waals surface area contributed by atoms with E-state index in [1.807, 2.05) is 6.07 Å². The molecule has 1 aromatic rings. The Balaban J connectivity index is 1.89. The van der Waals surface area contributed by atoms with Crippen molar-refractivity contribution in [1.29, 1.82) is 0 Å². The van der Waals surface area contributed by atoms with E-state index in [2.05, 4.69) is 24.0 Å². The van der Waals surface area contributed by atoms with Crippen LogP contribution in [0.1, 0.15) is 31.4 Å². The first-order chi connectivity index (χ1) is 9.11. The van der Waals surface area contributed by atoms with Gasteiger partial charge in [-0.15, -0.1) is 0 Å². The molecule has 1 amide bonds.